The first-order chi connectivity index (χ1) is 28.8. The minimum absolute atomic E-state index is 0.148. The quantitative estimate of drug-likeness (QED) is 0.0714. The minimum Gasteiger partial charge on any atom is -0.465 e. The maximum absolute atomic E-state index is 14.1. The Morgan fingerprint density at radius 1 is 0.767 bits per heavy atom. The fraction of sp³-hybridized carbons (Fsp3) is 0.386. The number of hydrogen-bond acceptors (Lipinski definition) is 9. The molecule has 0 aliphatic carbocycles. The molecule has 4 amide bonds. The van der Waals surface area contributed by atoms with Gasteiger partial charge in [-0.2, -0.15) is 0 Å². The van der Waals surface area contributed by atoms with E-state index in [0.717, 1.165) is 40.4 Å². The van der Waals surface area contributed by atoms with Gasteiger partial charge in [-0.25, -0.2) is 19.6 Å². The van der Waals surface area contributed by atoms with E-state index in [2.05, 4.69) is 30.6 Å². The number of carbonyl (C=O) groups is 4. The zero-order chi connectivity index (χ0) is 42.4. The van der Waals surface area contributed by atoms with Crippen LogP contribution in [0.25, 0.3) is 55.2 Å². The number of benzene rings is 3. The molecule has 60 heavy (non-hydrogen) atoms. The van der Waals surface area contributed by atoms with Crippen LogP contribution in [-0.2, 0) is 14.3 Å². The standard InChI is InChI=1S/C44H48N8O8/c1-22(2)36(49-43(56)57)41(54)51-16-6-8-31(51)39-45-20-29(47-39)25-10-13-27-24(18-25)12-15-33-35(27)38(53)28-14-11-26(19-34(28)60-33)30-21-46-40(48-30)32-9-7-17-52(32)42(55)37(23(3)4)50-44(58)59-5/h10-15,18-23,31-32,36-37,49H,6-9,16-17H2,1-5H3,(H,45,47)(H,46,48)(H,50,58)(H,56,57)/t31-,32-,36-,37-/m0/s1. The molecule has 4 atom stereocenters. The molecule has 2 saturated heterocycles. The van der Waals surface area contributed by atoms with Crippen LogP contribution in [0.5, 0.6) is 0 Å². The van der Waals surface area contributed by atoms with Crippen molar-refractivity contribution < 1.29 is 33.4 Å². The molecule has 0 spiro atoms. The van der Waals surface area contributed by atoms with E-state index < -0.39 is 24.3 Å². The third-order valence-corrected chi connectivity index (χ3v) is 11.8. The summed E-state index contributed by atoms with van der Waals surface area (Å²) in [6.07, 6.45) is 4.54. The van der Waals surface area contributed by atoms with Crippen molar-refractivity contribution >= 4 is 56.7 Å². The van der Waals surface area contributed by atoms with E-state index in [0.29, 0.717) is 65.2 Å². The molecule has 2 aliphatic rings. The number of amides is 4. The summed E-state index contributed by atoms with van der Waals surface area (Å²) in [4.78, 5) is 84.2. The SMILES string of the molecule is COC(=O)N[C@H](C(=O)N1CCC[C@H]1c1ncc(-c2ccc3c(=O)c4c(ccc5cc(-c6cnc([C@@H]7CCCN7C(=O)[C@@H](NC(=O)O)C(C)C)[nH]6)ccc54)oc3c2)[nH]1)C(C)C. The Labute approximate surface area is 344 Å². The number of carbonyl (C=O) groups excluding carboxylic acids is 3. The fourth-order valence-electron chi connectivity index (χ4n) is 8.65. The molecule has 8 rings (SSSR count). The molecular formula is C44H48N8O8. The van der Waals surface area contributed by atoms with Crippen molar-refractivity contribution in [2.45, 2.75) is 77.5 Å². The topological polar surface area (TPSA) is 216 Å². The van der Waals surface area contributed by atoms with Crippen LogP contribution < -0.4 is 16.1 Å². The third kappa shape index (κ3) is 7.41. The number of likely N-dealkylation sites (tertiary alicyclic amines) is 2. The average Bonchev–Trinajstić information content (AvgIpc) is 4.07. The van der Waals surface area contributed by atoms with Gasteiger partial charge in [-0.3, -0.25) is 14.4 Å². The minimum atomic E-state index is -1.24. The highest BCUT2D eigenvalue weighted by Gasteiger charge is 2.39. The molecule has 0 radical (unpaired) electrons. The molecule has 0 saturated carbocycles. The van der Waals surface area contributed by atoms with Crippen molar-refractivity contribution in [2.24, 2.45) is 11.8 Å². The van der Waals surface area contributed by atoms with Gasteiger partial charge in [0.25, 0.3) is 0 Å². The summed E-state index contributed by atoms with van der Waals surface area (Å²) in [5, 5.41) is 16.9. The number of imidazole rings is 2. The lowest BCUT2D eigenvalue weighted by atomic mass is 10.0. The van der Waals surface area contributed by atoms with Gasteiger partial charge in [0.05, 0.1) is 53.7 Å². The van der Waals surface area contributed by atoms with Gasteiger partial charge in [0.2, 0.25) is 17.2 Å². The van der Waals surface area contributed by atoms with Crippen molar-refractivity contribution in [3.8, 4) is 22.5 Å². The smallest absolute Gasteiger partial charge is 0.407 e. The van der Waals surface area contributed by atoms with E-state index in [4.69, 9.17) is 9.15 Å². The highest BCUT2D eigenvalue weighted by molar-refractivity contribution is 6.09. The first-order valence-electron chi connectivity index (χ1n) is 20.3. The van der Waals surface area contributed by atoms with Gasteiger partial charge >= 0.3 is 12.2 Å². The Morgan fingerprint density at radius 2 is 1.32 bits per heavy atom. The normalized spacial score (nSPS) is 17.9. The van der Waals surface area contributed by atoms with Crippen LogP contribution in [-0.4, -0.2) is 91.1 Å². The van der Waals surface area contributed by atoms with Crippen LogP contribution in [0, 0.1) is 11.8 Å². The van der Waals surface area contributed by atoms with Crippen molar-refractivity contribution in [1.29, 1.82) is 0 Å². The summed E-state index contributed by atoms with van der Waals surface area (Å²) in [6.45, 7) is 8.43. The predicted octanol–water partition coefficient (Wildman–Crippen LogP) is 6.88. The van der Waals surface area contributed by atoms with Crippen molar-refractivity contribution in [2.75, 3.05) is 20.2 Å². The van der Waals surface area contributed by atoms with Crippen LogP contribution in [0.2, 0.25) is 0 Å². The zero-order valence-corrected chi connectivity index (χ0v) is 34.1. The molecule has 312 valence electrons. The van der Waals surface area contributed by atoms with Gasteiger partial charge in [-0.15, -0.1) is 0 Å². The Balaban J connectivity index is 1.04. The Kier molecular flexibility index (Phi) is 10.8. The van der Waals surface area contributed by atoms with Gasteiger partial charge in [0, 0.05) is 24.2 Å². The summed E-state index contributed by atoms with van der Waals surface area (Å²) < 4.78 is 11.1. The highest BCUT2D eigenvalue weighted by Crippen LogP contribution is 2.36. The number of hydrogen-bond donors (Lipinski definition) is 5. The number of methoxy groups -OCH3 is 1. The van der Waals surface area contributed by atoms with Crippen molar-refractivity contribution in [3.63, 3.8) is 0 Å². The molecule has 0 bridgehead atoms. The van der Waals surface area contributed by atoms with E-state index in [1.54, 1.807) is 34.3 Å². The van der Waals surface area contributed by atoms with E-state index in [1.807, 2.05) is 64.1 Å². The number of alkyl carbamates (subject to hydrolysis) is 1. The maximum Gasteiger partial charge on any atom is 0.407 e. The number of aromatic nitrogens is 4. The first kappa shape index (κ1) is 40.1. The highest BCUT2D eigenvalue weighted by atomic mass is 16.5. The second-order valence-corrected chi connectivity index (χ2v) is 16.3. The Morgan fingerprint density at radius 3 is 1.87 bits per heavy atom. The second-order valence-electron chi connectivity index (χ2n) is 16.3. The number of ether oxygens (including phenoxy) is 1. The largest absolute Gasteiger partial charge is 0.465 e. The van der Waals surface area contributed by atoms with Crippen molar-refractivity contribution in [3.05, 3.63) is 82.8 Å². The zero-order valence-electron chi connectivity index (χ0n) is 34.1. The van der Waals surface area contributed by atoms with Gasteiger partial charge < -0.3 is 44.7 Å². The lowest BCUT2D eigenvalue weighted by molar-refractivity contribution is -0.136. The summed E-state index contributed by atoms with van der Waals surface area (Å²) in [7, 11) is 1.27. The molecule has 3 aromatic heterocycles. The lowest BCUT2D eigenvalue weighted by Gasteiger charge is -2.30. The third-order valence-electron chi connectivity index (χ3n) is 11.8. The van der Waals surface area contributed by atoms with Gasteiger partial charge in [-0.1, -0.05) is 52.0 Å². The Hall–Kier alpha value is -6.71. The van der Waals surface area contributed by atoms with Crippen LogP contribution in [0.1, 0.15) is 77.1 Å². The summed E-state index contributed by atoms with van der Waals surface area (Å²) in [5.74, 6) is 0.440. The molecule has 3 aromatic carbocycles. The first-order valence-corrected chi connectivity index (χ1v) is 20.3. The number of rotatable bonds is 10. The van der Waals surface area contributed by atoms with Gasteiger partial charge in [0.1, 0.15) is 34.9 Å². The van der Waals surface area contributed by atoms with Crippen LogP contribution >= 0.6 is 0 Å². The molecule has 2 fully saturated rings. The van der Waals surface area contributed by atoms with Gasteiger partial charge in [0.15, 0.2) is 0 Å². The number of fused-ring (bicyclic) bond motifs is 4. The number of H-pyrrole nitrogens is 2. The predicted molar refractivity (Wildman–Crippen MR) is 224 cm³/mol. The fourth-order valence-corrected chi connectivity index (χ4v) is 8.65. The van der Waals surface area contributed by atoms with Crippen LogP contribution in [0.4, 0.5) is 9.59 Å². The van der Waals surface area contributed by atoms with E-state index in [-0.39, 0.29) is 41.2 Å². The molecule has 5 N–H and O–H groups in total. The lowest BCUT2D eigenvalue weighted by Crippen LogP contribution is -2.51. The van der Waals surface area contributed by atoms with E-state index >= 15 is 0 Å². The summed E-state index contributed by atoms with van der Waals surface area (Å²) in [6, 6.07) is 12.7. The molecule has 5 heterocycles. The second kappa shape index (κ2) is 16.2. The molecule has 2 aliphatic heterocycles. The number of aromatic amines is 2. The monoisotopic (exact) mass is 816 g/mol. The summed E-state index contributed by atoms with van der Waals surface area (Å²) in [5.41, 5.74) is 3.77. The number of carboxylic acid groups (broad SMARTS) is 1. The van der Waals surface area contributed by atoms with Crippen LogP contribution in [0.3, 0.4) is 0 Å². The van der Waals surface area contributed by atoms with Gasteiger partial charge in [-0.05, 0) is 72.6 Å². The number of nitrogens with zero attached hydrogens (tertiary/aromatic N) is 4. The molecular weight excluding hydrogens is 769 g/mol. The average molecular weight is 817 g/mol. The summed E-state index contributed by atoms with van der Waals surface area (Å²) >= 11 is 0. The number of nitrogens with one attached hydrogen (secondary N) is 4. The van der Waals surface area contributed by atoms with Crippen LogP contribution in [0.15, 0.2) is 70.1 Å². The molecule has 6 aromatic rings. The molecule has 0 unspecified atom stereocenters. The maximum atomic E-state index is 14.1. The molecule has 16 heteroatoms. The Bertz CT molecular complexity index is 2700. The van der Waals surface area contributed by atoms with E-state index in [1.165, 1.54) is 7.11 Å². The molecule has 16 nitrogen and oxygen atoms in total. The van der Waals surface area contributed by atoms with Crippen molar-refractivity contribution in [1.82, 2.24) is 40.4 Å². The van der Waals surface area contributed by atoms with E-state index in [9.17, 15) is 29.1 Å².